The molecule has 0 unspecified atom stereocenters. The largest absolute Gasteiger partial charge is 1.00 e. The maximum atomic E-state index is 14.3. The monoisotopic (exact) mass is 623 g/mol. The van der Waals surface area contributed by atoms with Crippen LogP contribution in [-0.4, -0.2) is 26.1 Å². The van der Waals surface area contributed by atoms with Gasteiger partial charge >= 0.3 is 18.9 Å². The zero-order valence-corrected chi connectivity index (χ0v) is 26.3. The fraction of sp³-hybridized carbons (Fsp3) is 0.710. The summed E-state index contributed by atoms with van der Waals surface area (Å²) in [5.41, 5.74) is -1.95. The Balaban J connectivity index is 0.00000336. The van der Waals surface area contributed by atoms with Crippen molar-refractivity contribution in [2.45, 2.75) is 96.8 Å². The molecule has 3 saturated carbocycles. The number of carboxylic acids is 1. The number of ketones is 2. The summed E-state index contributed by atoms with van der Waals surface area (Å²) in [4.78, 5) is 40.5. The van der Waals surface area contributed by atoms with Gasteiger partial charge in [-0.2, -0.15) is 11.7 Å². The van der Waals surface area contributed by atoms with Crippen molar-refractivity contribution in [1.29, 1.82) is 5.26 Å². The fourth-order valence-corrected chi connectivity index (χ4v) is 10.4. The molecule has 5 aliphatic rings. The summed E-state index contributed by atoms with van der Waals surface area (Å²) >= 11 is 2.46. The van der Waals surface area contributed by atoms with Gasteiger partial charge in [-0.05, 0) is 35.3 Å². The Morgan fingerprint density at radius 1 is 1.03 bits per heavy atom. The van der Waals surface area contributed by atoms with Crippen LogP contribution >= 0.6 is 22.6 Å². The number of allylic oxidation sites excluding steroid dienone is 4. The Morgan fingerprint density at radius 2 is 1.63 bits per heavy atom. The number of hydrogen-bond donors (Lipinski definition) is 1. The second kappa shape index (κ2) is 8.56. The summed E-state index contributed by atoms with van der Waals surface area (Å²) in [5.74, 6) is -0.370. The number of carbonyl (C=O) groups is 3. The van der Waals surface area contributed by atoms with Crippen LogP contribution in [0.5, 0.6) is 0 Å². The summed E-state index contributed by atoms with van der Waals surface area (Å²) in [6.07, 6.45) is 8.63. The molecule has 5 aliphatic carbocycles. The third kappa shape index (κ3) is 3.31. The molecule has 0 aliphatic heterocycles. The van der Waals surface area contributed by atoms with E-state index >= 15 is 0 Å². The first-order chi connectivity index (χ1) is 16.9. The first kappa shape index (κ1) is 30.1. The summed E-state index contributed by atoms with van der Waals surface area (Å²) in [7, 11) is 0. The van der Waals surface area contributed by atoms with Crippen LogP contribution in [0.1, 0.15) is 93.4 Å². The van der Waals surface area contributed by atoms with Crippen LogP contribution < -0.4 is 18.9 Å². The van der Waals surface area contributed by atoms with Gasteiger partial charge in [0.05, 0.1) is 5.57 Å². The third-order valence-electron chi connectivity index (χ3n) is 12.1. The molecule has 0 bridgehead atoms. The van der Waals surface area contributed by atoms with Crippen LogP contribution in [0.15, 0.2) is 23.3 Å². The van der Waals surface area contributed by atoms with E-state index < -0.39 is 37.0 Å². The molecular weight excluding hydrogens is 584 g/mol. The summed E-state index contributed by atoms with van der Waals surface area (Å²) in [6.45, 7) is 14.9. The van der Waals surface area contributed by atoms with Gasteiger partial charge in [-0.25, -0.2) is 0 Å². The number of halogens is 1. The number of carbonyl (C=O) groups excluding carboxylic acids is 2. The normalized spacial score (nSPS) is 45.1. The summed E-state index contributed by atoms with van der Waals surface area (Å²) in [6, 6.07) is 2.16. The Labute approximate surface area is 253 Å². The van der Waals surface area contributed by atoms with E-state index in [2.05, 4.69) is 63.3 Å². The molecule has 0 aromatic carbocycles. The van der Waals surface area contributed by atoms with Gasteiger partial charge in [-0.1, -0.05) is 120 Å². The maximum Gasteiger partial charge on any atom is 1.00 e. The molecule has 5 nitrogen and oxygen atoms in total. The fourth-order valence-electron chi connectivity index (χ4n) is 9.42. The molecule has 6 atom stereocenters. The van der Waals surface area contributed by atoms with E-state index in [1.165, 1.54) is 0 Å². The number of fused-ring (bicyclic) bond motifs is 7. The Kier molecular flexibility index (Phi) is 6.77. The number of alkyl halides is 1. The van der Waals surface area contributed by atoms with Crippen LogP contribution in [0, 0.1) is 55.7 Å². The van der Waals surface area contributed by atoms with E-state index in [1.807, 2.05) is 26.0 Å². The third-order valence-corrected chi connectivity index (χ3v) is 15.1. The van der Waals surface area contributed by atoms with Crippen molar-refractivity contribution in [3.63, 3.8) is 0 Å². The van der Waals surface area contributed by atoms with Crippen molar-refractivity contribution in [2.24, 2.45) is 38.4 Å². The summed E-state index contributed by atoms with van der Waals surface area (Å²) in [5, 5.41) is 20.4. The molecule has 0 spiro atoms. The van der Waals surface area contributed by atoms with Crippen LogP contribution in [0.4, 0.5) is 0 Å². The van der Waals surface area contributed by atoms with Crippen molar-refractivity contribution < 1.29 is 38.4 Å². The standard InChI is InChI=1S/C31H39INO4.Li/c1-25(2)8-11-30(24(36)37)12-9-28(6)22(19(30)16-25)20(34)14-21-27(28,5)10-13-31(32)26(3,4)23(35)18(17-33)15-29(21,31)7;/h14-15,22H,8-13,16H2,1-7H3,(H,36,37);/q-1;+1/t22-,27+,28+,29+,30-,31+;/m0./s1. The zero-order chi connectivity index (χ0) is 27.6. The SMILES string of the molecule is CC1(C)CC[C@]2(C(=O)O)CC[C@]3(C)[C@H](C(=O)C=C4[C@@]5(C)C=C(C#N)C(=O)C(C)(C)[C@]5(I)CC[C@]43C)[C-]2C1.[Li+]. The van der Waals surface area contributed by atoms with Crippen molar-refractivity contribution >= 4 is 40.1 Å². The van der Waals surface area contributed by atoms with E-state index in [0.717, 1.165) is 30.8 Å². The van der Waals surface area contributed by atoms with Gasteiger partial charge in [0.15, 0.2) is 5.78 Å². The molecule has 0 aromatic rings. The van der Waals surface area contributed by atoms with E-state index in [1.54, 1.807) is 0 Å². The first-order valence-corrected chi connectivity index (χ1v) is 14.7. The van der Waals surface area contributed by atoms with Crippen molar-refractivity contribution in [3.8, 4) is 6.07 Å². The number of rotatable bonds is 1. The minimum Gasteiger partial charge on any atom is -0.483 e. The predicted octanol–water partition coefficient (Wildman–Crippen LogP) is 3.81. The van der Waals surface area contributed by atoms with Gasteiger partial charge < -0.3 is 5.11 Å². The molecule has 1 N–H and O–H groups in total. The molecule has 0 saturated heterocycles. The Bertz CT molecular complexity index is 1240. The van der Waals surface area contributed by atoms with Crippen LogP contribution in [-0.2, 0) is 14.4 Å². The quantitative estimate of drug-likeness (QED) is 0.208. The zero-order valence-electron chi connectivity index (χ0n) is 24.2. The molecule has 0 amide bonds. The number of nitrogens with zero attached hydrogens (tertiary/aromatic N) is 1. The molecule has 7 heteroatoms. The van der Waals surface area contributed by atoms with Gasteiger partial charge in [0.1, 0.15) is 11.9 Å². The second-order valence-electron chi connectivity index (χ2n) is 14.5. The Hall–Kier alpha value is -0.893. The van der Waals surface area contributed by atoms with Crippen molar-refractivity contribution in [1.82, 2.24) is 0 Å². The molecule has 38 heavy (non-hydrogen) atoms. The predicted molar refractivity (Wildman–Crippen MR) is 150 cm³/mol. The Morgan fingerprint density at radius 3 is 2.21 bits per heavy atom. The molecule has 3 fully saturated rings. The minimum absolute atomic E-state index is 0. The number of carboxylic acid groups (broad SMARTS) is 1. The van der Waals surface area contributed by atoms with E-state index in [-0.39, 0.29) is 46.8 Å². The van der Waals surface area contributed by atoms with Crippen LogP contribution in [0.2, 0.25) is 0 Å². The van der Waals surface area contributed by atoms with E-state index in [0.29, 0.717) is 25.7 Å². The molecule has 5 rings (SSSR count). The van der Waals surface area contributed by atoms with E-state index in [9.17, 15) is 24.8 Å². The van der Waals surface area contributed by atoms with Gasteiger partial charge in [0, 0.05) is 14.3 Å². The van der Waals surface area contributed by atoms with E-state index in [4.69, 9.17) is 0 Å². The average molecular weight is 624 g/mol. The first-order valence-electron chi connectivity index (χ1n) is 13.6. The number of hydrogen-bond acceptors (Lipinski definition) is 4. The van der Waals surface area contributed by atoms with Gasteiger partial charge in [-0.3, -0.25) is 20.3 Å². The maximum absolute atomic E-state index is 14.3. The van der Waals surface area contributed by atoms with Crippen molar-refractivity contribution in [3.05, 3.63) is 29.2 Å². The number of nitriles is 1. The van der Waals surface area contributed by atoms with Crippen LogP contribution in [0.3, 0.4) is 0 Å². The molecular formula is C31H39ILiNO4. The second-order valence-corrected chi connectivity index (χ2v) is 16.4. The van der Waals surface area contributed by atoms with Gasteiger partial charge in [-0.15, -0.1) is 0 Å². The average Bonchev–Trinajstić information content (AvgIpc) is 2.80. The van der Waals surface area contributed by atoms with Crippen molar-refractivity contribution in [2.75, 3.05) is 0 Å². The minimum atomic E-state index is -0.921. The summed E-state index contributed by atoms with van der Waals surface area (Å²) < 4.78 is -0.483. The topological polar surface area (TPSA) is 95.2 Å². The van der Waals surface area contributed by atoms with Crippen LogP contribution in [0.25, 0.3) is 0 Å². The number of Topliss-reactive ketones (excluding diaryl/α,β-unsaturated/α-hetero) is 1. The molecule has 0 radical (unpaired) electrons. The molecule has 0 heterocycles. The smallest absolute Gasteiger partial charge is 0.483 e. The van der Waals surface area contributed by atoms with Gasteiger partial charge in [0.2, 0.25) is 0 Å². The molecule has 0 aromatic heterocycles. The number of aliphatic carboxylic acids is 1. The molecule has 200 valence electrons. The van der Waals surface area contributed by atoms with Gasteiger partial charge in [0.25, 0.3) is 5.97 Å².